The molecule has 6 heteroatoms. The van der Waals surface area contributed by atoms with Crippen LogP contribution in [0.4, 0.5) is 0 Å². The Morgan fingerprint density at radius 3 is 2.21 bits per heavy atom. The number of hydrogen-bond acceptors (Lipinski definition) is 3. The van der Waals surface area contributed by atoms with Crippen molar-refractivity contribution in [3.05, 3.63) is 59.7 Å². The van der Waals surface area contributed by atoms with Crippen molar-refractivity contribution >= 4 is 33.5 Å². The second-order valence-electron chi connectivity index (χ2n) is 5.68. The molecule has 0 unspecified atom stereocenters. The molecule has 0 atom stereocenters. The second kappa shape index (κ2) is 4.99. The fraction of sp³-hybridized carbons (Fsp3) is 0. The Hall–Kier alpha value is -3.54. The van der Waals surface area contributed by atoms with Gasteiger partial charge in [0.15, 0.2) is 5.76 Å². The summed E-state index contributed by atoms with van der Waals surface area (Å²) in [6, 6.07) is 14.9. The molecule has 0 saturated heterocycles. The number of hydrogen-bond donors (Lipinski definition) is 5. The fourth-order valence-electron chi connectivity index (χ4n) is 2.78. The molecule has 0 bridgehead atoms. The minimum absolute atomic E-state index is 0.0297. The van der Waals surface area contributed by atoms with Crippen LogP contribution in [0.1, 0.15) is 11.1 Å². The molecule has 4 aromatic rings. The van der Waals surface area contributed by atoms with E-state index < -0.39 is 0 Å². The van der Waals surface area contributed by atoms with E-state index in [1.165, 1.54) is 0 Å². The Morgan fingerprint density at radius 2 is 1.50 bits per heavy atom. The molecular formula is C18H15N5O. The van der Waals surface area contributed by atoms with E-state index in [1.807, 2.05) is 42.5 Å². The normalized spacial score (nSPS) is 11.2. The molecule has 4 rings (SSSR count). The number of furan rings is 1. The van der Waals surface area contributed by atoms with Gasteiger partial charge in [0.2, 0.25) is 0 Å². The van der Waals surface area contributed by atoms with Crippen LogP contribution in [0.5, 0.6) is 0 Å². The first-order chi connectivity index (χ1) is 11.5. The lowest BCUT2D eigenvalue weighted by molar-refractivity contribution is 0.629. The molecule has 0 saturated carbocycles. The van der Waals surface area contributed by atoms with E-state index in [4.69, 9.17) is 26.7 Å². The number of aromatic nitrogens is 1. The zero-order chi connectivity index (χ0) is 16.8. The molecule has 2 aromatic carbocycles. The SMILES string of the molecule is N=C(N)c1ccc2[nH]c(-c3cc4cc(C(=N)N)ccc4o3)cc2c1. The van der Waals surface area contributed by atoms with E-state index in [0.29, 0.717) is 16.9 Å². The average Bonchev–Trinajstić information content (AvgIpc) is 3.16. The van der Waals surface area contributed by atoms with E-state index in [0.717, 1.165) is 27.6 Å². The first-order valence-electron chi connectivity index (χ1n) is 7.37. The van der Waals surface area contributed by atoms with Crippen LogP contribution in [0.2, 0.25) is 0 Å². The number of nitrogens with one attached hydrogen (secondary N) is 3. The topological polar surface area (TPSA) is 129 Å². The fourth-order valence-corrected chi connectivity index (χ4v) is 2.78. The molecule has 0 fully saturated rings. The summed E-state index contributed by atoms with van der Waals surface area (Å²) in [4.78, 5) is 3.30. The van der Waals surface area contributed by atoms with E-state index in [9.17, 15) is 0 Å². The lowest BCUT2D eigenvalue weighted by atomic mass is 10.1. The summed E-state index contributed by atoms with van der Waals surface area (Å²) in [6.07, 6.45) is 0. The summed E-state index contributed by atoms with van der Waals surface area (Å²) in [7, 11) is 0. The van der Waals surface area contributed by atoms with Crippen molar-refractivity contribution in [1.29, 1.82) is 10.8 Å². The average molecular weight is 317 g/mol. The Labute approximate surface area is 137 Å². The molecule has 7 N–H and O–H groups in total. The minimum atomic E-state index is 0.0297. The van der Waals surface area contributed by atoms with Gasteiger partial charge in [-0.25, -0.2) is 0 Å². The monoisotopic (exact) mass is 317 g/mol. The Bertz CT molecular complexity index is 1030. The largest absolute Gasteiger partial charge is 0.455 e. The molecule has 2 heterocycles. The number of fused-ring (bicyclic) bond motifs is 2. The highest BCUT2D eigenvalue weighted by Crippen LogP contribution is 2.30. The molecule has 2 aromatic heterocycles. The molecule has 0 spiro atoms. The Morgan fingerprint density at radius 1 is 0.833 bits per heavy atom. The van der Waals surface area contributed by atoms with Crippen LogP contribution in [-0.4, -0.2) is 16.7 Å². The lowest BCUT2D eigenvalue weighted by Gasteiger charge is -1.96. The van der Waals surface area contributed by atoms with E-state index in [1.54, 1.807) is 6.07 Å². The van der Waals surface area contributed by atoms with Crippen LogP contribution in [0, 0.1) is 10.8 Å². The van der Waals surface area contributed by atoms with Crippen molar-refractivity contribution in [2.24, 2.45) is 11.5 Å². The number of benzene rings is 2. The number of nitrogen functional groups attached to an aromatic ring is 2. The van der Waals surface area contributed by atoms with E-state index in [-0.39, 0.29) is 11.7 Å². The first-order valence-corrected chi connectivity index (χ1v) is 7.37. The van der Waals surface area contributed by atoms with Crippen molar-refractivity contribution in [2.45, 2.75) is 0 Å². The van der Waals surface area contributed by atoms with Crippen LogP contribution >= 0.6 is 0 Å². The Kier molecular flexibility index (Phi) is 2.93. The predicted molar refractivity (Wildman–Crippen MR) is 95.5 cm³/mol. The van der Waals surface area contributed by atoms with Crippen LogP contribution in [0.15, 0.2) is 52.9 Å². The molecular weight excluding hydrogens is 302 g/mol. The smallest absolute Gasteiger partial charge is 0.151 e. The number of rotatable bonds is 3. The molecule has 0 aliphatic carbocycles. The van der Waals surface area contributed by atoms with Crippen molar-refractivity contribution in [3.8, 4) is 11.5 Å². The second-order valence-corrected chi connectivity index (χ2v) is 5.68. The summed E-state index contributed by atoms with van der Waals surface area (Å²) in [5.74, 6) is 0.772. The third kappa shape index (κ3) is 2.21. The number of aromatic amines is 1. The van der Waals surface area contributed by atoms with Gasteiger partial charge in [-0.05, 0) is 48.5 Å². The maximum Gasteiger partial charge on any atom is 0.151 e. The number of H-pyrrole nitrogens is 1. The van der Waals surface area contributed by atoms with E-state index in [2.05, 4.69) is 4.98 Å². The van der Waals surface area contributed by atoms with Gasteiger partial charge in [0.05, 0.1) is 5.69 Å². The highest BCUT2D eigenvalue weighted by atomic mass is 16.3. The molecule has 24 heavy (non-hydrogen) atoms. The third-order valence-electron chi connectivity index (χ3n) is 4.02. The highest BCUT2D eigenvalue weighted by molar-refractivity contribution is 6.00. The van der Waals surface area contributed by atoms with Crippen LogP contribution in [0.25, 0.3) is 33.3 Å². The van der Waals surface area contributed by atoms with Gasteiger partial charge in [-0.1, -0.05) is 0 Å². The minimum Gasteiger partial charge on any atom is -0.455 e. The maximum atomic E-state index is 7.53. The summed E-state index contributed by atoms with van der Waals surface area (Å²) >= 11 is 0. The van der Waals surface area contributed by atoms with E-state index >= 15 is 0 Å². The van der Waals surface area contributed by atoms with Crippen molar-refractivity contribution in [2.75, 3.05) is 0 Å². The lowest BCUT2D eigenvalue weighted by Crippen LogP contribution is -2.10. The van der Waals surface area contributed by atoms with Gasteiger partial charge < -0.3 is 20.9 Å². The molecule has 0 radical (unpaired) electrons. The summed E-state index contributed by atoms with van der Waals surface area (Å²) in [5.41, 5.74) is 14.9. The van der Waals surface area contributed by atoms with Gasteiger partial charge >= 0.3 is 0 Å². The maximum absolute atomic E-state index is 7.53. The molecule has 0 aliphatic heterocycles. The molecule has 0 amide bonds. The standard InChI is InChI=1S/C18H15N5O/c19-17(20)9-1-3-13-11(5-9)7-14(23-13)16-8-12-6-10(18(21)22)2-4-15(12)24-16/h1-8,23H,(H3,19,20)(H3,21,22). The summed E-state index contributed by atoms with van der Waals surface area (Å²) in [5, 5.41) is 16.9. The van der Waals surface area contributed by atoms with Crippen molar-refractivity contribution < 1.29 is 4.42 Å². The number of nitrogens with two attached hydrogens (primary N) is 2. The summed E-state index contributed by atoms with van der Waals surface area (Å²) < 4.78 is 5.89. The Balaban J connectivity index is 1.82. The van der Waals surface area contributed by atoms with Crippen molar-refractivity contribution in [3.63, 3.8) is 0 Å². The molecule has 6 nitrogen and oxygen atoms in total. The number of amidine groups is 2. The zero-order valence-electron chi connectivity index (χ0n) is 12.7. The van der Waals surface area contributed by atoms with Gasteiger partial charge in [-0.3, -0.25) is 10.8 Å². The van der Waals surface area contributed by atoms with Crippen molar-refractivity contribution in [1.82, 2.24) is 4.98 Å². The highest BCUT2D eigenvalue weighted by Gasteiger charge is 2.11. The quantitative estimate of drug-likeness (QED) is 0.294. The van der Waals surface area contributed by atoms with Crippen LogP contribution < -0.4 is 11.5 Å². The van der Waals surface area contributed by atoms with Gasteiger partial charge in [-0.2, -0.15) is 0 Å². The van der Waals surface area contributed by atoms with Crippen LogP contribution in [0.3, 0.4) is 0 Å². The first kappa shape index (κ1) is 14.1. The molecule has 0 aliphatic rings. The summed E-state index contributed by atoms with van der Waals surface area (Å²) in [6.45, 7) is 0. The molecule has 118 valence electrons. The predicted octanol–water partition coefficient (Wildman–Crippen LogP) is 3.15. The van der Waals surface area contributed by atoms with Gasteiger partial charge in [0.1, 0.15) is 17.3 Å². The third-order valence-corrected chi connectivity index (χ3v) is 4.02. The van der Waals surface area contributed by atoms with Gasteiger partial charge in [0.25, 0.3) is 0 Å². The zero-order valence-corrected chi connectivity index (χ0v) is 12.7. The van der Waals surface area contributed by atoms with Gasteiger partial charge in [0, 0.05) is 27.4 Å². The van der Waals surface area contributed by atoms with Gasteiger partial charge in [-0.15, -0.1) is 0 Å². The van der Waals surface area contributed by atoms with Crippen LogP contribution in [-0.2, 0) is 0 Å².